The summed E-state index contributed by atoms with van der Waals surface area (Å²) in [5.41, 5.74) is 6.02. The molecule has 0 aromatic heterocycles. The molecule has 0 amide bonds. The number of aryl methyl sites for hydroxylation is 1. The molecule has 0 spiro atoms. The first-order chi connectivity index (χ1) is 15.5. The molecule has 32 heavy (non-hydrogen) atoms. The molecule has 1 aliphatic rings. The molecular formula is C28H32ClN3. The van der Waals surface area contributed by atoms with E-state index >= 15 is 0 Å². The summed E-state index contributed by atoms with van der Waals surface area (Å²) in [5.74, 6) is 0.780. The Hall–Kier alpha value is -3.04. The summed E-state index contributed by atoms with van der Waals surface area (Å²) in [6.45, 7) is 10.7. The van der Waals surface area contributed by atoms with Gasteiger partial charge in [-0.2, -0.15) is 0 Å². The van der Waals surface area contributed by atoms with Gasteiger partial charge in [0.05, 0.1) is 0 Å². The summed E-state index contributed by atoms with van der Waals surface area (Å²) >= 11 is 6.41. The number of aliphatic imine (C=N–C) groups is 1. The molecule has 0 saturated carbocycles. The van der Waals surface area contributed by atoms with Crippen LogP contribution in [0, 0.1) is 6.92 Å². The minimum absolute atomic E-state index is 0.263. The van der Waals surface area contributed by atoms with Gasteiger partial charge in [-0.1, -0.05) is 106 Å². The van der Waals surface area contributed by atoms with Crippen LogP contribution in [-0.2, 0) is 0 Å². The zero-order valence-electron chi connectivity index (χ0n) is 19.2. The number of rotatable bonds is 5. The van der Waals surface area contributed by atoms with Gasteiger partial charge in [0, 0.05) is 33.1 Å². The number of hydrogen-bond acceptors (Lipinski definition) is 3. The maximum Gasteiger partial charge on any atom is 0.148 e. The molecule has 0 bridgehead atoms. The van der Waals surface area contributed by atoms with Crippen LogP contribution >= 0.6 is 11.6 Å². The average molecular weight is 446 g/mol. The Kier molecular flexibility index (Phi) is 8.52. The van der Waals surface area contributed by atoms with E-state index in [1.165, 1.54) is 24.8 Å². The summed E-state index contributed by atoms with van der Waals surface area (Å²) in [6.07, 6.45) is 3.81. The smallest absolute Gasteiger partial charge is 0.148 e. The number of hydrogen-bond donors (Lipinski definition) is 2. The summed E-state index contributed by atoms with van der Waals surface area (Å²) in [4.78, 5) is 4.90. The Morgan fingerprint density at radius 1 is 0.969 bits per heavy atom. The third-order valence-corrected chi connectivity index (χ3v) is 5.72. The lowest BCUT2D eigenvalue weighted by atomic mass is 10.0. The number of benzene rings is 3. The summed E-state index contributed by atoms with van der Waals surface area (Å²) in [7, 11) is 0. The second-order valence-electron chi connectivity index (χ2n) is 7.86. The molecule has 4 rings (SSSR count). The SMILES string of the molecule is C=C(NC1=NC(c2ccccc2Cl)Nc2ccccc21)c1ccccc1C.CCCCC. The number of fused-ring (bicyclic) bond motifs is 1. The zero-order chi connectivity index (χ0) is 22.9. The molecule has 1 heterocycles. The van der Waals surface area contributed by atoms with Gasteiger partial charge >= 0.3 is 0 Å². The van der Waals surface area contributed by atoms with E-state index in [2.05, 4.69) is 50.1 Å². The van der Waals surface area contributed by atoms with Crippen LogP contribution in [0.1, 0.15) is 61.5 Å². The third kappa shape index (κ3) is 5.80. The molecule has 1 aliphatic heterocycles. The first-order valence-electron chi connectivity index (χ1n) is 11.2. The minimum Gasteiger partial charge on any atom is -0.359 e. The lowest BCUT2D eigenvalue weighted by Gasteiger charge is -2.27. The average Bonchev–Trinajstić information content (AvgIpc) is 2.80. The molecule has 4 heteroatoms. The Balaban J connectivity index is 0.000000523. The first kappa shape index (κ1) is 23.6. The highest BCUT2D eigenvalue weighted by Crippen LogP contribution is 2.33. The maximum atomic E-state index is 6.41. The van der Waals surface area contributed by atoms with Gasteiger partial charge in [0.2, 0.25) is 0 Å². The van der Waals surface area contributed by atoms with Gasteiger partial charge in [-0.25, -0.2) is 4.99 Å². The van der Waals surface area contributed by atoms with Crippen molar-refractivity contribution in [3.63, 3.8) is 0 Å². The predicted octanol–water partition coefficient (Wildman–Crippen LogP) is 7.98. The zero-order valence-corrected chi connectivity index (χ0v) is 19.9. The van der Waals surface area contributed by atoms with Gasteiger partial charge in [-0.3, -0.25) is 0 Å². The largest absolute Gasteiger partial charge is 0.359 e. The van der Waals surface area contributed by atoms with Crippen molar-refractivity contribution >= 4 is 28.8 Å². The van der Waals surface area contributed by atoms with Crippen molar-refractivity contribution in [1.29, 1.82) is 0 Å². The van der Waals surface area contributed by atoms with Gasteiger partial charge in [0.1, 0.15) is 12.0 Å². The van der Waals surface area contributed by atoms with E-state index in [9.17, 15) is 0 Å². The molecule has 3 nitrogen and oxygen atoms in total. The molecule has 1 unspecified atom stereocenters. The van der Waals surface area contributed by atoms with E-state index < -0.39 is 0 Å². The molecule has 2 N–H and O–H groups in total. The molecule has 3 aromatic carbocycles. The topological polar surface area (TPSA) is 36.4 Å². The van der Waals surface area contributed by atoms with Crippen molar-refractivity contribution in [3.05, 3.63) is 107 Å². The summed E-state index contributed by atoms with van der Waals surface area (Å²) in [6, 6.07) is 24.0. The maximum absolute atomic E-state index is 6.41. The second kappa shape index (κ2) is 11.5. The third-order valence-electron chi connectivity index (χ3n) is 5.38. The highest BCUT2D eigenvalue weighted by molar-refractivity contribution is 6.31. The fourth-order valence-corrected chi connectivity index (χ4v) is 3.85. The molecule has 166 valence electrons. The van der Waals surface area contributed by atoms with Crippen LogP contribution in [0.25, 0.3) is 5.70 Å². The van der Waals surface area contributed by atoms with E-state index in [-0.39, 0.29) is 6.17 Å². The van der Waals surface area contributed by atoms with E-state index in [0.29, 0.717) is 5.02 Å². The molecule has 1 atom stereocenters. The Labute approximate surface area is 197 Å². The van der Waals surface area contributed by atoms with Crippen molar-refractivity contribution < 1.29 is 0 Å². The van der Waals surface area contributed by atoms with Crippen molar-refractivity contribution in [2.24, 2.45) is 4.99 Å². The van der Waals surface area contributed by atoms with Crippen LogP contribution < -0.4 is 10.6 Å². The monoisotopic (exact) mass is 445 g/mol. The highest BCUT2D eigenvalue weighted by Gasteiger charge is 2.23. The van der Waals surface area contributed by atoms with E-state index in [4.69, 9.17) is 16.6 Å². The van der Waals surface area contributed by atoms with Crippen molar-refractivity contribution in [1.82, 2.24) is 5.32 Å². The fourth-order valence-electron chi connectivity index (χ4n) is 3.61. The lowest BCUT2D eigenvalue weighted by Crippen LogP contribution is -2.29. The number of nitrogens with zero attached hydrogens (tertiary/aromatic N) is 1. The number of para-hydroxylation sites is 1. The summed E-state index contributed by atoms with van der Waals surface area (Å²) < 4.78 is 0. The van der Waals surface area contributed by atoms with Crippen molar-refractivity contribution in [2.75, 3.05) is 5.32 Å². The summed E-state index contributed by atoms with van der Waals surface area (Å²) in [5, 5.41) is 7.58. The van der Waals surface area contributed by atoms with Crippen LogP contribution in [0.4, 0.5) is 5.69 Å². The Bertz CT molecular complexity index is 1090. The second-order valence-corrected chi connectivity index (χ2v) is 8.27. The number of unbranched alkanes of at least 4 members (excludes halogenated alkanes) is 2. The highest BCUT2D eigenvalue weighted by atomic mass is 35.5. The molecule has 0 aliphatic carbocycles. The predicted molar refractivity (Wildman–Crippen MR) is 139 cm³/mol. The van der Waals surface area contributed by atoms with Crippen LogP contribution in [0.2, 0.25) is 5.02 Å². The van der Waals surface area contributed by atoms with Gasteiger partial charge in [0.15, 0.2) is 0 Å². The normalized spacial score (nSPS) is 14.2. The number of nitrogens with one attached hydrogen (secondary N) is 2. The molecule has 0 fully saturated rings. The van der Waals surface area contributed by atoms with Crippen LogP contribution in [0.15, 0.2) is 84.4 Å². The van der Waals surface area contributed by atoms with Gasteiger partial charge in [-0.05, 0) is 30.7 Å². The molecule has 0 radical (unpaired) electrons. The van der Waals surface area contributed by atoms with Crippen molar-refractivity contribution in [3.8, 4) is 0 Å². The lowest BCUT2D eigenvalue weighted by molar-refractivity contribution is 0.772. The number of halogens is 1. The number of anilines is 1. The van der Waals surface area contributed by atoms with E-state index in [1.54, 1.807) is 0 Å². The first-order valence-corrected chi connectivity index (χ1v) is 11.6. The Morgan fingerprint density at radius 2 is 1.62 bits per heavy atom. The number of amidine groups is 1. The minimum atomic E-state index is -0.263. The molecule has 0 saturated heterocycles. The van der Waals surface area contributed by atoms with Crippen LogP contribution in [-0.4, -0.2) is 5.84 Å². The van der Waals surface area contributed by atoms with Crippen molar-refractivity contribution in [2.45, 2.75) is 46.2 Å². The fraction of sp³-hybridized carbons (Fsp3) is 0.250. The molecule has 3 aromatic rings. The van der Waals surface area contributed by atoms with Gasteiger partial charge in [0.25, 0.3) is 0 Å². The van der Waals surface area contributed by atoms with Gasteiger partial charge < -0.3 is 10.6 Å². The Morgan fingerprint density at radius 3 is 2.31 bits per heavy atom. The van der Waals surface area contributed by atoms with E-state index in [1.807, 2.05) is 60.7 Å². The molecular weight excluding hydrogens is 414 g/mol. The van der Waals surface area contributed by atoms with Gasteiger partial charge in [-0.15, -0.1) is 0 Å². The van der Waals surface area contributed by atoms with E-state index in [0.717, 1.165) is 33.9 Å². The van der Waals surface area contributed by atoms with Crippen LogP contribution in [0.3, 0.4) is 0 Å². The standard InChI is InChI=1S/C23H20ClN3.C5H12/c1-15-9-3-4-10-17(15)16(2)25-23-19-12-6-8-14-21(19)26-22(27-23)18-11-5-7-13-20(18)24;1-3-5-4-2/h3-14,22,26H,2H2,1H3,(H,25,27);3-5H2,1-2H3. The van der Waals surface area contributed by atoms with Crippen LogP contribution in [0.5, 0.6) is 0 Å². The quantitative estimate of drug-likeness (QED) is 0.417.